The number of benzene rings is 1. The average molecular weight is 329 g/mol. The number of aromatic nitrogens is 2. The van der Waals surface area contributed by atoms with Crippen LogP contribution in [0, 0.1) is 0 Å². The molecule has 0 saturated carbocycles. The van der Waals surface area contributed by atoms with Crippen molar-refractivity contribution in [3.05, 3.63) is 53.3 Å². The quantitative estimate of drug-likeness (QED) is 0.720. The van der Waals surface area contributed by atoms with Crippen LogP contribution >= 0.6 is 0 Å². The molecule has 0 radical (unpaired) electrons. The molecule has 0 aliphatic heterocycles. The smallest absolute Gasteiger partial charge is 0.254 e. The molecule has 2 rings (SSSR count). The van der Waals surface area contributed by atoms with Gasteiger partial charge in [-0.2, -0.15) is 5.10 Å². The van der Waals surface area contributed by atoms with Gasteiger partial charge in [-0.1, -0.05) is 37.3 Å². The maximum atomic E-state index is 12.4. The fourth-order valence-electron chi connectivity index (χ4n) is 2.55. The molecule has 0 fully saturated rings. The molecule has 0 spiro atoms. The number of amides is 1. The van der Waals surface area contributed by atoms with Crippen molar-refractivity contribution in [1.82, 2.24) is 15.1 Å². The first-order valence-corrected chi connectivity index (χ1v) is 8.60. The van der Waals surface area contributed by atoms with Crippen molar-refractivity contribution >= 4 is 5.91 Å². The van der Waals surface area contributed by atoms with Gasteiger partial charge in [-0.15, -0.1) is 0 Å². The Balaban J connectivity index is 1.94. The van der Waals surface area contributed by atoms with Crippen molar-refractivity contribution in [2.45, 2.75) is 46.3 Å². The van der Waals surface area contributed by atoms with Gasteiger partial charge in [-0.25, -0.2) is 0 Å². The predicted molar refractivity (Wildman–Crippen MR) is 95.2 cm³/mol. The van der Waals surface area contributed by atoms with Crippen LogP contribution in [0.4, 0.5) is 0 Å². The van der Waals surface area contributed by atoms with E-state index in [9.17, 15) is 4.79 Å². The highest BCUT2D eigenvalue weighted by atomic mass is 16.5. The van der Waals surface area contributed by atoms with Crippen molar-refractivity contribution in [2.75, 3.05) is 13.2 Å². The van der Waals surface area contributed by atoms with E-state index < -0.39 is 0 Å². The van der Waals surface area contributed by atoms with Gasteiger partial charge in [0.2, 0.25) is 0 Å². The summed E-state index contributed by atoms with van der Waals surface area (Å²) in [5.74, 6) is -0.0595. The van der Waals surface area contributed by atoms with Crippen LogP contribution < -0.4 is 5.32 Å². The Morgan fingerprint density at radius 1 is 1.29 bits per heavy atom. The van der Waals surface area contributed by atoms with E-state index in [0.717, 1.165) is 18.5 Å². The molecule has 0 unspecified atom stereocenters. The van der Waals surface area contributed by atoms with Crippen LogP contribution in [0.2, 0.25) is 0 Å². The van der Waals surface area contributed by atoms with E-state index in [2.05, 4.69) is 22.5 Å². The monoisotopic (exact) mass is 329 g/mol. The van der Waals surface area contributed by atoms with Crippen LogP contribution in [0.25, 0.3) is 0 Å². The minimum Gasteiger partial charge on any atom is -0.379 e. The summed E-state index contributed by atoms with van der Waals surface area (Å²) in [6, 6.07) is 10.1. The highest BCUT2D eigenvalue weighted by molar-refractivity contribution is 5.95. The van der Waals surface area contributed by atoms with Gasteiger partial charge >= 0.3 is 0 Å². The maximum absolute atomic E-state index is 12.4. The molecule has 24 heavy (non-hydrogen) atoms. The van der Waals surface area contributed by atoms with E-state index in [1.165, 1.54) is 5.56 Å². The Bertz CT molecular complexity index is 635. The summed E-state index contributed by atoms with van der Waals surface area (Å²) in [6.45, 7) is 8.01. The SMILES string of the molecule is CCc1c(C(=O)NCCCOC(C)C)cnn1Cc1ccccc1. The predicted octanol–water partition coefficient (Wildman–Crippen LogP) is 3.04. The van der Waals surface area contributed by atoms with Gasteiger partial charge in [-0.05, 0) is 32.3 Å². The molecule has 0 aliphatic rings. The lowest BCUT2D eigenvalue weighted by Crippen LogP contribution is -2.26. The highest BCUT2D eigenvalue weighted by Crippen LogP contribution is 2.12. The third-order valence-corrected chi connectivity index (χ3v) is 3.76. The lowest BCUT2D eigenvalue weighted by atomic mass is 10.1. The van der Waals surface area contributed by atoms with Crippen molar-refractivity contribution in [3.8, 4) is 0 Å². The molecule has 1 aromatic carbocycles. The normalized spacial score (nSPS) is 11.0. The lowest BCUT2D eigenvalue weighted by molar-refractivity contribution is 0.0757. The van der Waals surface area contributed by atoms with Gasteiger partial charge in [0, 0.05) is 13.2 Å². The topological polar surface area (TPSA) is 56.1 Å². The molecule has 0 atom stereocenters. The number of hydrogen-bond donors (Lipinski definition) is 1. The minimum absolute atomic E-state index is 0.0595. The summed E-state index contributed by atoms with van der Waals surface area (Å²) in [6.07, 6.45) is 3.47. The number of nitrogens with one attached hydrogen (secondary N) is 1. The minimum atomic E-state index is -0.0595. The summed E-state index contributed by atoms with van der Waals surface area (Å²) >= 11 is 0. The van der Waals surface area contributed by atoms with Gasteiger partial charge < -0.3 is 10.1 Å². The van der Waals surface area contributed by atoms with E-state index >= 15 is 0 Å². The van der Waals surface area contributed by atoms with Crippen molar-refractivity contribution in [3.63, 3.8) is 0 Å². The van der Waals surface area contributed by atoms with Crippen molar-refractivity contribution in [1.29, 1.82) is 0 Å². The molecule has 5 heteroatoms. The Morgan fingerprint density at radius 3 is 2.71 bits per heavy atom. The van der Waals surface area contributed by atoms with E-state index in [1.54, 1.807) is 6.20 Å². The third-order valence-electron chi connectivity index (χ3n) is 3.76. The summed E-state index contributed by atoms with van der Waals surface area (Å²) in [5.41, 5.74) is 2.81. The molecule has 0 aliphatic carbocycles. The Morgan fingerprint density at radius 2 is 2.04 bits per heavy atom. The first-order valence-electron chi connectivity index (χ1n) is 8.60. The number of hydrogen-bond acceptors (Lipinski definition) is 3. The zero-order valence-electron chi connectivity index (χ0n) is 14.8. The van der Waals surface area contributed by atoms with Gasteiger partial charge in [0.1, 0.15) is 0 Å². The highest BCUT2D eigenvalue weighted by Gasteiger charge is 2.15. The Labute approximate surface area is 144 Å². The van der Waals surface area contributed by atoms with Crippen LogP contribution in [0.1, 0.15) is 48.8 Å². The van der Waals surface area contributed by atoms with Gasteiger partial charge in [0.05, 0.1) is 30.1 Å². The van der Waals surface area contributed by atoms with Crippen molar-refractivity contribution < 1.29 is 9.53 Å². The third kappa shape index (κ3) is 5.20. The molecule has 1 aromatic heterocycles. The fourth-order valence-corrected chi connectivity index (χ4v) is 2.55. The van der Waals surface area contributed by atoms with Crippen LogP contribution in [0.5, 0.6) is 0 Å². The first-order chi connectivity index (χ1) is 11.6. The standard InChI is InChI=1S/C19H27N3O2/c1-4-18-17(19(23)20-11-8-12-24-15(2)3)13-21-22(18)14-16-9-6-5-7-10-16/h5-7,9-10,13,15H,4,8,11-12,14H2,1-3H3,(H,20,23). The van der Waals surface area contributed by atoms with Gasteiger partial charge in [0.15, 0.2) is 0 Å². The first kappa shape index (κ1) is 18.2. The average Bonchev–Trinajstić information content (AvgIpc) is 2.97. The molecule has 1 amide bonds. The zero-order valence-corrected chi connectivity index (χ0v) is 14.8. The lowest BCUT2D eigenvalue weighted by Gasteiger charge is -2.10. The van der Waals surface area contributed by atoms with Crippen LogP contribution in [-0.2, 0) is 17.7 Å². The van der Waals surface area contributed by atoms with E-state index in [4.69, 9.17) is 4.74 Å². The van der Waals surface area contributed by atoms with E-state index in [-0.39, 0.29) is 12.0 Å². The number of carbonyl (C=O) groups excluding carboxylic acids is 1. The molecule has 5 nitrogen and oxygen atoms in total. The molecular formula is C19H27N3O2. The number of ether oxygens (including phenoxy) is 1. The Hall–Kier alpha value is -2.14. The number of rotatable bonds is 9. The van der Waals surface area contributed by atoms with Crippen LogP contribution in [-0.4, -0.2) is 34.9 Å². The maximum Gasteiger partial charge on any atom is 0.254 e. The van der Waals surface area contributed by atoms with Crippen molar-refractivity contribution in [2.24, 2.45) is 0 Å². The second kappa shape index (κ2) is 9.23. The molecular weight excluding hydrogens is 302 g/mol. The zero-order chi connectivity index (χ0) is 17.4. The molecule has 0 saturated heterocycles. The molecule has 1 heterocycles. The van der Waals surface area contributed by atoms with Crippen LogP contribution in [0.3, 0.4) is 0 Å². The van der Waals surface area contributed by atoms with E-state index in [1.807, 2.05) is 43.7 Å². The van der Waals surface area contributed by atoms with Gasteiger partial charge in [-0.3, -0.25) is 9.48 Å². The summed E-state index contributed by atoms with van der Waals surface area (Å²) < 4.78 is 7.39. The van der Waals surface area contributed by atoms with E-state index in [0.29, 0.717) is 25.3 Å². The second-order valence-electron chi connectivity index (χ2n) is 6.03. The molecule has 0 bridgehead atoms. The number of carbonyl (C=O) groups is 1. The second-order valence-corrected chi connectivity index (χ2v) is 6.03. The van der Waals surface area contributed by atoms with Gasteiger partial charge in [0.25, 0.3) is 5.91 Å². The summed E-state index contributed by atoms with van der Waals surface area (Å²) in [7, 11) is 0. The Kier molecular flexibility index (Phi) is 7.00. The summed E-state index contributed by atoms with van der Waals surface area (Å²) in [4.78, 5) is 12.4. The molecule has 130 valence electrons. The van der Waals surface area contributed by atoms with Crippen LogP contribution in [0.15, 0.2) is 36.5 Å². The fraction of sp³-hybridized carbons (Fsp3) is 0.474. The summed E-state index contributed by atoms with van der Waals surface area (Å²) in [5, 5.41) is 7.35. The number of nitrogens with zero attached hydrogens (tertiary/aromatic N) is 2. The molecule has 1 N–H and O–H groups in total. The molecule has 2 aromatic rings. The largest absolute Gasteiger partial charge is 0.379 e.